The lowest BCUT2D eigenvalue weighted by atomic mass is 10.1. The standard InChI is InChI=1S/C20H27N3O3/c1-12-7-9-18(13(2)11-12)21-20(25)16(5)26-19(24)10-8-17-14(3)22-23(6)15(17)4/h7,9,11,16H,8,10H2,1-6H3,(H,21,25). The minimum absolute atomic E-state index is 0.217. The number of carbonyl (C=O) groups is 2. The highest BCUT2D eigenvalue weighted by atomic mass is 16.5. The Morgan fingerprint density at radius 2 is 1.92 bits per heavy atom. The SMILES string of the molecule is Cc1ccc(NC(=O)C(C)OC(=O)CCc2c(C)nn(C)c2C)c(C)c1. The number of anilines is 1. The Kier molecular flexibility index (Phi) is 6.18. The number of esters is 1. The average Bonchev–Trinajstić information content (AvgIpc) is 2.80. The van der Waals surface area contributed by atoms with Crippen LogP contribution in [0.25, 0.3) is 0 Å². The van der Waals surface area contributed by atoms with Gasteiger partial charge in [-0.15, -0.1) is 0 Å². The molecule has 2 rings (SSSR count). The normalized spacial score (nSPS) is 11.9. The summed E-state index contributed by atoms with van der Waals surface area (Å²) in [5.74, 6) is -0.727. The summed E-state index contributed by atoms with van der Waals surface area (Å²) >= 11 is 0. The van der Waals surface area contributed by atoms with Crippen LogP contribution in [0.15, 0.2) is 18.2 Å². The van der Waals surface area contributed by atoms with Crippen molar-refractivity contribution in [3.63, 3.8) is 0 Å². The van der Waals surface area contributed by atoms with E-state index in [1.54, 1.807) is 11.6 Å². The molecule has 0 saturated heterocycles. The van der Waals surface area contributed by atoms with Crippen molar-refractivity contribution in [3.8, 4) is 0 Å². The van der Waals surface area contributed by atoms with Crippen molar-refractivity contribution in [1.29, 1.82) is 0 Å². The fourth-order valence-corrected chi connectivity index (χ4v) is 2.90. The Labute approximate surface area is 154 Å². The predicted octanol–water partition coefficient (Wildman–Crippen LogP) is 3.16. The molecular formula is C20H27N3O3. The number of nitrogens with zero attached hydrogens (tertiary/aromatic N) is 2. The lowest BCUT2D eigenvalue weighted by molar-refractivity contribution is -0.153. The minimum atomic E-state index is -0.848. The first-order valence-electron chi connectivity index (χ1n) is 8.75. The van der Waals surface area contributed by atoms with Gasteiger partial charge in [-0.2, -0.15) is 5.10 Å². The fourth-order valence-electron chi connectivity index (χ4n) is 2.90. The van der Waals surface area contributed by atoms with E-state index >= 15 is 0 Å². The third kappa shape index (κ3) is 4.71. The van der Waals surface area contributed by atoms with Crippen molar-refractivity contribution in [2.75, 3.05) is 5.32 Å². The Hall–Kier alpha value is -2.63. The van der Waals surface area contributed by atoms with E-state index in [9.17, 15) is 9.59 Å². The Morgan fingerprint density at radius 1 is 1.23 bits per heavy atom. The number of ether oxygens (including phenoxy) is 1. The highest BCUT2D eigenvalue weighted by Crippen LogP contribution is 2.17. The van der Waals surface area contributed by atoms with E-state index in [2.05, 4.69) is 10.4 Å². The van der Waals surface area contributed by atoms with Gasteiger partial charge in [0.15, 0.2) is 6.10 Å². The molecule has 0 saturated carbocycles. The number of hydrogen-bond acceptors (Lipinski definition) is 4. The van der Waals surface area contributed by atoms with E-state index in [1.807, 2.05) is 52.9 Å². The van der Waals surface area contributed by atoms with Gasteiger partial charge in [0.2, 0.25) is 0 Å². The molecule has 1 aromatic heterocycles. The number of aryl methyl sites for hydroxylation is 4. The average molecular weight is 357 g/mol. The highest BCUT2D eigenvalue weighted by Gasteiger charge is 2.19. The summed E-state index contributed by atoms with van der Waals surface area (Å²) in [6.45, 7) is 9.40. The third-order valence-corrected chi connectivity index (χ3v) is 4.56. The number of carbonyl (C=O) groups excluding carboxylic acids is 2. The third-order valence-electron chi connectivity index (χ3n) is 4.56. The highest BCUT2D eigenvalue weighted by molar-refractivity contribution is 5.95. The molecule has 0 aliphatic rings. The van der Waals surface area contributed by atoms with Crippen molar-refractivity contribution in [2.24, 2.45) is 7.05 Å². The monoisotopic (exact) mass is 357 g/mol. The zero-order valence-corrected chi connectivity index (χ0v) is 16.3. The summed E-state index contributed by atoms with van der Waals surface area (Å²) in [7, 11) is 1.88. The summed E-state index contributed by atoms with van der Waals surface area (Å²) in [6, 6.07) is 5.77. The zero-order chi connectivity index (χ0) is 19.4. The van der Waals surface area contributed by atoms with E-state index in [0.29, 0.717) is 6.42 Å². The molecule has 0 radical (unpaired) electrons. The Morgan fingerprint density at radius 3 is 2.50 bits per heavy atom. The van der Waals surface area contributed by atoms with Crippen LogP contribution in [0, 0.1) is 27.7 Å². The summed E-state index contributed by atoms with van der Waals surface area (Å²) in [6.07, 6.45) is -0.0797. The quantitative estimate of drug-likeness (QED) is 0.806. The summed E-state index contributed by atoms with van der Waals surface area (Å²) < 4.78 is 7.08. The van der Waals surface area contributed by atoms with E-state index in [4.69, 9.17) is 4.74 Å². The number of rotatable bonds is 6. The zero-order valence-electron chi connectivity index (χ0n) is 16.3. The molecule has 0 bridgehead atoms. The molecule has 0 aliphatic carbocycles. The van der Waals surface area contributed by atoms with Gasteiger partial charge in [-0.1, -0.05) is 17.7 Å². The molecule has 1 aromatic carbocycles. The molecule has 0 aliphatic heterocycles. The molecule has 2 aromatic rings. The second-order valence-electron chi connectivity index (χ2n) is 6.71. The number of nitrogens with one attached hydrogen (secondary N) is 1. The van der Waals surface area contributed by atoms with Crippen LogP contribution in [0.1, 0.15) is 41.4 Å². The molecule has 1 amide bonds. The minimum Gasteiger partial charge on any atom is -0.453 e. The van der Waals surface area contributed by atoms with Gasteiger partial charge in [0.1, 0.15) is 0 Å². The summed E-state index contributed by atoms with van der Waals surface area (Å²) in [5.41, 5.74) is 5.83. The maximum absolute atomic E-state index is 12.3. The number of aromatic nitrogens is 2. The van der Waals surface area contributed by atoms with Crippen molar-refractivity contribution < 1.29 is 14.3 Å². The van der Waals surface area contributed by atoms with Crippen LogP contribution < -0.4 is 5.32 Å². The first-order chi connectivity index (χ1) is 12.2. The van der Waals surface area contributed by atoms with Crippen LogP contribution in [0.4, 0.5) is 5.69 Å². The summed E-state index contributed by atoms with van der Waals surface area (Å²) in [5, 5.41) is 7.15. The van der Waals surface area contributed by atoms with Gasteiger partial charge < -0.3 is 10.1 Å². The van der Waals surface area contributed by atoms with Crippen LogP contribution in [0.3, 0.4) is 0 Å². The largest absolute Gasteiger partial charge is 0.453 e. The van der Waals surface area contributed by atoms with Crippen LogP contribution >= 0.6 is 0 Å². The molecule has 6 nitrogen and oxygen atoms in total. The van der Waals surface area contributed by atoms with Gasteiger partial charge >= 0.3 is 5.97 Å². The van der Waals surface area contributed by atoms with Gasteiger partial charge in [-0.25, -0.2) is 0 Å². The fraction of sp³-hybridized carbons (Fsp3) is 0.450. The van der Waals surface area contributed by atoms with E-state index < -0.39 is 12.1 Å². The molecule has 1 unspecified atom stereocenters. The molecular weight excluding hydrogens is 330 g/mol. The van der Waals surface area contributed by atoms with Crippen molar-refractivity contribution >= 4 is 17.6 Å². The smallest absolute Gasteiger partial charge is 0.306 e. The first-order valence-corrected chi connectivity index (χ1v) is 8.75. The van der Waals surface area contributed by atoms with Crippen molar-refractivity contribution in [1.82, 2.24) is 9.78 Å². The second kappa shape index (κ2) is 8.17. The van der Waals surface area contributed by atoms with Gasteiger partial charge in [-0.05, 0) is 58.2 Å². The first kappa shape index (κ1) is 19.7. The van der Waals surface area contributed by atoms with Crippen LogP contribution in [0.5, 0.6) is 0 Å². The summed E-state index contributed by atoms with van der Waals surface area (Å²) in [4.78, 5) is 24.4. The maximum Gasteiger partial charge on any atom is 0.306 e. The predicted molar refractivity (Wildman–Crippen MR) is 101 cm³/mol. The number of hydrogen-bond donors (Lipinski definition) is 1. The van der Waals surface area contributed by atoms with Gasteiger partial charge in [0.05, 0.1) is 5.69 Å². The van der Waals surface area contributed by atoms with Crippen molar-refractivity contribution in [2.45, 2.75) is 53.6 Å². The van der Waals surface area contributed by atoms with E-state index in [-0.39, 0.29) is 12.3 Å². The number of benzene rings is 1. The number of amides is 1. The molecule has 1 N–H and O–H groups in total. The molecule has 1 atom stereocenters. The van der Waals surface area contributed by atoms with Crippen LogP contribution in [-0.4, -0.2) is 27.8 Å². The topological polar surface area (TPSA) is 73.2 Å². The van der Waals surface area contributed by atoms with E-state index in [1.165, 1.54) is 0 Å². The molecule has 6 heteroatoms. The van der Waals surface area contributed by atoms with Crippen LogP contribution in [0.2, 0.25) is 0 Å². The molecule has 0 spiro atoms. The molecule has 26 heavy (non-hydrogen) atoms. The van der Waals surface area contributed by atoms with Gasteiger partial charge in [0.25, 0.3) is 5.91 Å². The van der Waals surface area contributed by atoms with Crippen LogP contribution in [-0.2, 0) is 27.8 Å². The lowest BCUT2D eigenvalue weighted by Crippen LogP contribution is -2.30. The molecule has 140 valence electrons. The Balaban J connectivity index is 1.88. The lowest BCUT2D eigenvalue weighted by Gasteiger charge is -2.15. The molecule has 1 heterocycles. The molecule has 0 fully saturated rings. The van der Waals surface area contributed by atoms with Gasteiger partial charge in [-0.3, -0.25) is 14.3 Å². The van der Waals surface area contributed by atoms with Crippen molar-refractivity contribution in [3.05, 3.63) is 46.3 Å². The second-order valence-corrected chi connectivity index (χ2v) is 6.71. The maximum atomic E-state index is 12.3. The Bertz CT molecular complexity index is 824. The van der Waals surface area contributed by atoms with E-state index in [0.717, 1.165) is 33.8 Å². The van der Waals surface area contributed by atoms with Gasteiger partial charge in [0, 0.05) is 24.8 Å².